The molecule has 0 aliphatic rings. The first-order valence-electron chi connectivity index (χ1n) is 8.04. The molecule has 3 rings (SSSR count). The monoisotopic (exact) mass is 382 g/mol. The van der Waals surface area contributed by atoms with Crippen molar-refractivity contribution >= 4 is 28.0 Å². The van der Waals surface area contributed by atoms with Crippen molar-refractivity contribution in [2.24, 2.45) is 0 Å². The summed E-state index contributed by atoms with van der Waals surface area (Å²) in [7, 11) is -3.91. The normalized spacial score (nSPS) is 12.0. The lowest BCUT2D eigenvalue weighted by atomic mass is 10.2. The Kier molecular flexibility index (Phi) is 5.81. The molecule has 0 bridgehead atoms. The predicted molar refractivity (Wildman–Crippen MR) is 106 cm³/mol. The summed E-state index contributed by atoms with van der Waals surface area (Å²) in [5, 5.41) is 0.294. The predicted octanol–water partition coefficient (Wildman–Crippen LogP) is 5.49. The largest absolute Gasteiger partial charge is 0.371 e. The van der Waals surface area contributed by atoms with Gasteiger partial charge in [-0.1, -0.05) is 78.0 Å². The van der Waals surface area contributed by atoms with Crippen molar-refractivity contribution in [3.8, 4) is 0 Å². The van der Waals surface area contributed by atoms with E-state index in [2.05, 4.69) is 0 Å². The Hall–Kier alpha value is -2.50. The van der Waals surface area contributed by atoms with Crippen LogP contribution in [0.1, 0.15) is 11.1 Å². The molecule has 0 aliphatic carbocycles. The number of rotatable bonds is 6. The Balaban J connectivity index is 1.92. The second-order valence-electron chi connectivity index (χ2n) is 5.64. The van der Waals surface area contributed by atoms with Gasteiger partial charge in [0.15, 0.2) is 5.09 Å². The van der Waals surface area contributed by atoms with Crippen molar-refractivity contribution in [1.82, 2.24) is 0 Å². The third-order valence-corrected chi connectivity index (χ3v) is 5.81. The Morgan fingerprint density at radius 2 is 1.42 bits per heavy atom. The summed E-state index contributed by atoms with van der Waals surface area (Å²) in [5.41, 5.74) is 1.85. The quantitative estimate of drug-likeness (QED) is 0.321. The summed E-state index contributed by atoms with van der Waals surface area (Å²) in [4.78, 5) is 1.03. The number of benzene rings is 3. The zero-order chi connectivity index (χ0) is 18.4. The summed E-state index contributed by atoms with van der Waals surface area (Å²) < 4.78 is 30.8. The molecule has 5 heteroatoms. The summed E-state index contributed by atoms with van der Waals surface area (Å²) in [6.45, 7) is 1.91. The Morgan fingerprint density at radius 1 is 0.846 bits per heavy atom. The van der Waals surface area contributed by atoms with Gasteiger partial charge >= 0.3 is 10.1 Å². The van der Waals surface area contributed by atoms with Crippen molar-refractivity contribution in [3.05, 3.63) is 101 Å². The van der Waals surface area contributed by atoms with Crippen LogP contribution in [0.4, 0.5) is 0 Å². The first kappa shape index (κ1) is 18.3. The number of thioether (sulfide) groups is 1. The van der Waals surface area contributed by atoms with E-state index < -0.39 is 10.1 Å². The lowest BCUT2D eigenvalue weighted by molar-refractivity contribution is 0.436. The maximum absolute atomic E-state index is 12.7. The van der Waals surface area contributed by atoms with E-state index in [1.54, 1.807) is 30.3 Å². The molecule has 3 nitrogen and oxygen atoms in total. The molecule has 0 saturated carbocycles. The van der Waals surface area contributed by atoms with Gasteiger partial charge in [-0.2, -0.15) is 8.42 Å². The molecule has 3 aromatic carbocycles. The summed E-state index contributed by atoms with van der Waals surface area (Å²) in [5.74, 6) is 0. The summed E-state index contributed by atoms with van der Waals surface area (Å²) in [6, 6.07) is 25.6. The molecule has 132 valence electrons. The molecule has 0 radical (unpaired) electrons. The van der Waals surface area contributed by atoms with Gasteiger partial charge in [0.2, 0.25) is 0 Å². The van der Waals surface area contributed by atoms with E-state index >= 15 is 0 Å². The number of hydrogen-bond donors (Lipinski definition) is 0. The molecular formula is C21H18O3S2. The lowest BCUT2D eigenvalue weighted by Crippen LogP contribution is -2.05. The van der Waals surface area contributed by atoms with Crippen LogP contribution < -0.4 is 0 Å². The van der Waals surface area contributed by atoms with Gasteiger partial charge in [0.05, 0.1) is 0 Å². The fraction of sp³-hybridized carbons (Fsp3) is 0.0476. The van der Waals surface area contributed by atoms with Gasteiger partial charge in [-0.25, -0.2) is 0 Å². The smallest absolute Gasteiger partial charge is 0.339 e. The third kappa shape index (κ3) is 5.00. The molecule has 0 heterocycles. The zero-order valence-electron chi connectivity index (χ0n) is 14.2. The highest BCUT2D eigenvalue weighted by Crippen LogP contribution is 2.32. The third-order valence-electron chi connectivity index (χ3n) is 3.55. The average Bonchev–Trinajstić information content (AvgIpc) is 2.63. The molecule has 0 atom stereocenters. The van der Waals surface area contributed by atoms with Crippen LogP contribution in [0.25, 0.3) is 6.08 Å². The summed E-state index contributed by atoms with van der Waals surface area (Å²) >= 11 is 1.27. The molecule has 0 amide bonds. The van der Waals surface area contributed by atoms with E-state index in [0.717, 1.165) is 16.0 Å². The van der Waals surface area contributed by atoms with Crippen LogP contribution in [-0.4, -0.2) is 8.42 Å². The Morgan fingerprint density at radius 3 is 2.04 bits per heavy atom. The minimum atomic E-state index is -3.91. The number of hydrogen-bond acceptors (Lipinski definition) is 4. The van der Waals surface area contributed by atoms with Gasteiger partial charge in [-0.3, -0.25) is 0 Å². The van der Waals surface area contributed by atoms with Crippen LogP contribution >= 0.6 is 11.8 Å². The maximum Gasteiger partial charge on any atom is 0.339 e. The van der Waals surface area contributed by atoms with E-state index in [1.165, 1.54) is 11.8 Å². The zero-order valence-corrected chi connectivity index (χ0v) is 15.8. The van der Waals surface area contributed by atoms with E-state index in [-0.39, 0.29) is 4.90 Å². The van der Waals surface area contributed by atoms with Crippen LogP contribution in [0.3, 0.4) is 0 Å². The van der Waals surface area contributed by atoms with E-state index in [9.17, 15) is 8.42 Å². The molecule has 0 aromatic heterocycles. The van der Waals surface area contributed by atoms with Crippen molar-refractivity contribution in [2.75, 3.05) is 0 Å². The van der Waals surface area contributed by atoms with Crippen molar-refractivity contribution in [2.45, 2.75) is 16.7 Å². The van der Waals surface area contributed by atoms with Crippen molar-refractivity contribution < 1.29 is 12.6 Å². The number of aryl methyl sites for hydroxylation is 1. The lowest BCUT2D eigenvalue weighted by Gasteiger charge is -2.11. The fourth-order valence-electron chi connectivity index (χ4n) is 2.22. The van der Waals surface area contributed by atoms with Gasteiger partial charge in [0.1, 0.15) is 4.90 Å². The van der Waals surface area contributed by atoms with Gasteiger partial charge in [0, 0.05) is 4.90 Å². The van der Waals surface area contributed by atoms with E-state index in [0.29, 0.717) is 5.09 Å². The standard InChI is InChI=1S/C21H18O3S2/c1-17-12-14-20(15-13-17)26(22,23)24-21(16-18-8-4-2-5-9-18)25-19-10-6-3-7-11-19/h2-16H,1H3/b21-16-. The Bertz CT molecular complexity index is 978. The van der Waals surface area contributed by atoms with Gasteiger partial charge in [-0.15, -0.1) is 0 Å². The fourth-order valence-corrected chi connectivity index (χ4v) is 4.18. The molecule has 0 unspecified atom stereocenters. The first-order chi connectivity index (χ1) is 12.5. The van der Waals surface area contributed by atoms with Crippen LogP contribution in [-0.2, 0) is 14.3 Å². The van der Waals surface area contributed by atoms with Crippen LogP contribution in [0.15, 0.2) is 99.8 Å². The minimum Gasteiger partial charge on any atom is -0.371 e. The molecule has 0 spiro atoms. The average molecular weight is 383 g/mol. The SMILES string of the molecule is Cc1ccc(S(=O)(=O)O/C(=C/c2ccccc2)Sc2ccccc2)cc1. The van der Waals surface area contributed by atoms with Crippen molar-refractivity contribution in [3.63, 3.8) is 0 Å². The van der Waals surface area contributed by atoms with Crippen LogP contribution in [0.2, 0.25) is 0 Å². The highest BCUT2D eigenvalue weighted by Gasteiger charge is 2.18. The molecular weight excluding hydrogens is 364 g/mol. The topological polar surface area (TPSA) is 43.4 Å². The molecule has 3 aromatic rings. The molecule has 0 fully saturated rings. The van der Waals surface area contributed by atoms with E-state index in [4.69, 9.17) is 4.18 Å². The minimum absolute atomic E-state index is 0.135. The second-order valence-corrected chi connectivity index (χ2v) is 8.26. The van der Waals surface area contributed by atoms with Crippen LogP contribution in [0.5, 0.6) is 0 Å². The molecule has 0 N–H and O–H groups in total. The Labute approximate surface area is 158 Å². The van der Waals surface area contributed by atoms with Crippen LogP contribution in [0, 0.1) is 6.92 Å². The molecule has 0 aliphatic heterocycles. The highest BCUT2D eigenvalue weighted by atomic mass is 32.2. The summed E-state index contributed by atoms with van der Waals surface area (Å²) in [6.07, 6.45) is 1.73. The van der Waals surface area contributed by atoms with E-state index in [1.807, 2.05) is 67.6 Å². The maximum atomic E-state index is 12.7. The van der Waals surface area contributed by atoms with Gasteiger partial charge in [0.25, 0.3) is 0 Å². The molecule has 26 heavy (non-hydrogen) atoms. The van der Waals surface area contributed by atoms with Crippen molar-refractivity contribution in [1.29, 1.82) is 0 Å². The second kappa shape index (κ2) is 8.25. The van der Waals surface area contributed by atoms with Gasteiger partial charge < -0.3 is 4.18 Å². The van der Waals surface area contributed by atoms with Gasteiger partial charge in [-0.05, 0) is 42.8 Å². The highest BCUT2D eigenvalue weighted by molar-refractivity contribution is 8.03. The molecule has 0 saturated heterocycles. The first-order valence-corrected chi connectivity index (χ1v) is 10.3.